The van der Waals surface area contributed by atoms with E-state index < -0.39 is 0 Å². The summed E-state index contributed by atoms with van der Waals surface area (Å²) in [7, 11) is 0. The van der Waals surface area contributed by atoms with E-state index in [1.165, 1.54) is 5.56 Å². The van der Waals surface area contributed by atoms with Crippen molar-refractivity contribution >= 4 is 17.3 Å². The van der Waals surface area contributed by atoms with E-state index in [1.54, 1.807) is 0 Å². The van der Waals surface area contributed by atoms with Gasteiger partial charge in [-0.3, -0.25) is 5.32 Å². The van der Waals surface area contributed by atoms with Crippen molar-refractivity contribution in [2.24, 2.45) is 0 Å². The maximum absolute atomic E-state index is 6.01. The average Bonchev–Trinajstić information content (AvgIpc) is 2.07. The Morgan fingerprint density at radius 1 is 1.50 bits per heavy atom. The number of rotatable bonds is 0. The van der Waals surface area contributed by atoms with Crippen LogP contribution in [0.25, 0.3) is 0 Å². The number of aryl methyl sites for hydroxylation is 1. The van der Waals surface area contributed by atoms with Crippen LogP contribution in [0.5, 0.6) is 0 Å². The minimum absolute atomic E-state index is 0.428. The summed E-state index contributed by atoms with van der Waals surface area (Å²) in [5, 5.41) is 5.30. The Labute approximate surface area is 77.7 Å². The second-order valence-electron chi connectivity index (χ2n) is 3.26. The Balaban J connectivity index is 2.43. The first-order valence-corrected chi connectivity index (χ1v) is 4.63. The molecule has 1 unspecified atom stereocenters. The van der Waals surface area contributed by atoms with Gasteiger partial charge < -0.3 is 0 Å². The van der Waals surface area contributed by atoms with Crippen molar-refractivity contribution in [2.45, 2.75) is 25.8 Å². The molecule has 0 aliphatic carbocycles. The SMILES string of the molecule is CC1CCc2cccc(Cl)c2[N]1. The third-order valence-corrected chi connectivity index (χ3v) is 2.56. The molecule has 0 spiro atoms. The Morgan fingerprint density at radius 2 is 2.33 bits per heavy atom. The molecular formula is C10H11ClN. The average molecular weight is 181 g/mol. The van der Waals surface area contributed by atoms with Gasteiger partial charge in [0, 0.05) is 6.04 Å². The molecule has 1 aromatic rings. The van der Waals surface area contributed by atoms with E-state index in [0.29, 0.717) is 6.04 Å². The van der Waals surface area contributed by atoms with Gasteiger partial charge in [0.15, 0.2) is 0 Å². The zero-order chi connectivity index (χ0) is 8.55. The summed E-state index contributed by atoms with van der Waals surface area (Å²) < 4.78 is 0. The van der Waals surface area contributed by atoms with Crippen LogP contribution in [-0.2, 0) is 6.42 Å². The Morgan fingerprint density at radius 3 is 3.17 bits per heavy atom. The summed E-state index contributed by atoms with van der Waals surface area (Å²) in [6.07, 6.45) is 2.26. The molecule has 0 N–H and O–H groups in total. The molecule has 63 valence electrons. The van der Waals surface area contributed by atoms with E-state index in [4.69, 9.17) is 11.6 Å². The molecular weight excluding hydrogens is 170 g/mol. The summed E-state index contributed by atoms with van der Waals surface area (Å²) in [4.78, 5) is 0. The van der Waals surface area contributed by atoms with E-state index in [0.717, 1.165) is 23.6 Å². The second-order valence-corrected chi connectivity index (χ2v) is 3.67. The lowest BCUT2D eigenvalue weighted by molar-refractivity contribution is 0.555. The summed E-state index contributed by atoms with van der Waals surface area (Å²) >= 11 is 6.01. The number of hydrogen-bond acceptors (Lipinski definition) is 0. The molecule has 1 aliphatic rings. The Kier molecular flexibility index (Phi) is 1.97. The fraction of sp³-hybridized carbons (Fsp3) is 0.400. The first kappa shape index (κ1) is 7.93. The molecule has 1 radical (unpaired) electrons. The van der Waals surface area contributed by atoms with Gasteiger partial charge in [0.2, 0.25) is 0 Å². The van der Waals surface area contributed by atoms with Gasteiger partial charge in [0.1, 0.15) is 0 Å². The van der Waals surface area contributed by atoms with Crippen LogP contribution >= 0.6 is 11.6 Å². The van der Waals surface area contributed by atoms with Crippen molar-refractivity contribution < 1.29 is 0 Å². The number of halogens is 1. The van der Waals surface area contributed by atoms with Gasteiger partial charge >= 0.3 is 0 Å². The van der Waals surface area contributed by atoms with E-state index in [-0.39, 0.29) is 0 Å². The van der Waals surface area contributed by atoms with Gasteiger partial charge in [-0.1, -0.05) is 23.7 Å². The number of hydrogen-bond donors (Lipinski definition) is 0. The van der Waals surface area contributed by atoms with Crippen LogP contribution < -0.4 is 5.32 Å². The van der Waals surface area contributed by atoms with Gasteiger partial charge in [0.25, 0.3) is 0 Å². The lowest BCUT2D eigenvalue weighted by atomic mass is 9.99. The highest BCUT2D eigenvalue weighted by molar-refractivity contribution is 6.33. The second kappa shape index (κ2) is 2.98. The van der Waals surface area contributed by atoms with Crippen LogP contribution in [0.2, 0.25) is 5.02 Å². The van der Waals surface area contributed by atoms with E-state index in [9.17, 15) is 0 Å². The van der Waals surface area contributed by atoms with Gasteiger partial charge in [-0.05, 0) is 31.4 Å². The molecule has 0 fully saturated rings. The summed E-state index contributed by atoms with van der Waals surface area (Å²) in [6.45, 7) is 2.13. The van der Waals surface area contributed by atoms with Crippen molar-refractivity contribution in [3.8, 4) is 0 Å². The first-order valence-electron chi connectivity index (χ1n) is 4.25. The van der Waals surface area contributed by atoms with Gasteiger partial charge in [-0.25, -0.2) is 0 Å². The molecule has 0 aromatic heterocycles. The predicted octanol–water partition coefficient (Wildman–Crippen LogP) is 2.91. The van der Waals surface area contributed by atoms with Crippen LogP contribution in [0.4, 0.5) is 5.69 Å². The lowest BCUT2D eigenvalue weighted by Gasteiger charge is -2.22. The number of nitrogens with zero attached hydrogens (tertiary/aromatic N) is 1. The molecule has 1 heterocycles. The molecule has 1 aromatic carbocycles. The number of fused-ring (bicyclic) bond motifs is 1. The minimum Gasteiger partial charge on any atom is -0.280 e. The first-order chi connectivity index (χ1) is 5.77. The quantitative estimate of drug-likeness (QED) is 0.583. The van der Waals surface area contributed by atoms with Crippen molar-refractivity contribution in [1.82, 2.24) is 5.32 Å². The summed E-state index contributed by atoms with van der Waals surface area (Å²) in [6, 6.07) is 6.43. The molecule has 2 heteroatoms. The van der Waals surface area contributed by atoms with Crippen molar-refractivity contribution in [3.05, 3.63) is 28.8 Å². The molecule has 0 amide bonds. The van der Waals surface area contributed by atoms with Crippen LogP contribution in [0.3, 0.4) is 0 Å². The number of benzene rings is 1. The third kappa shape index (κ3) is 1.29. The highest BCUT2D eigenvalue weighted by Gasteiger charge is 2.17. The van der Waals surface area contributed by atoms with E-state index in [2.05, 4.69) is 18.3 Å². The fourth-order valence-electron chi connectivity index (χ4n) is 1.56. The van der Waals surface area contributed by atoms with Gasteiger partial charge in [-0.2, -0.15) is 0 Å². The fourth-order valence-corrected chi connectivity index (χ4v) is 1.80. The maximum Gasteiger partial charge on any atom is 0.0795 e. The highest BCUT2D eigenvalue weighted by atomic mass is 35.5. The van der Waals surface area contributed by atoms with E-state index >= 15 is 0 Å². The summed E-state index contributed by atoms with van der Waals surface area (Å²) in [5.74, 6) is 0. The molecule has 1 nitrogen and oxygen atoms in total. The molecule has 1 aliphatic heterocycles. The topological polar surface area (TPSA) is 14.1 Å². The molecule has 2 rings (SSSR count). The third-order valence-electron chi connectivity index (χ3n) is 2.25. The highest BCUT2D eigenvalue weighted by Crippen LogP contribution is 2.31. The lowest BCUT2D eigenvalue weighted by Crippen LogP contribution is -2.21. The monoisotopic (exact) mass is 180 g/mol. The van der Waals surface area contributed by atoms with Crippen molar-refractivity contribution in [1.29, 1.82) is 0 Å². The normalized spacial score (nSPS) is 21.3. The Hall–Kier alpha value is -0.690. The summed E-state index contributed by atoms with van der Waals surface area (Å²) in [5.41, 5.74) is 2.30. The Bertz CT molecular complexity index is 296. The van der Waals surface area contributed by atoms with Gasteiger partial charge in [-0.15, -0.1) is 0 Å². The van der Waals surface area contributed by atoms with Crippen LogP contribution in [0, 0.1) is 0 Å². The van der Waals surface area contributed by atoms with Crippen LogP contribution in [0.15, 0.2) is 18.2 Å². The van der Waals surface area contributed by atoms with E-state index in [1.807, 2.05) is 12.1 Å². The zero-order valence-corrected chi connectivity index (χ0v) is 7.80. The molecule has 12 heavy (non-hydrogen) atoms. The van der Waals surface area contributed by atoms with Gasteiger partial charge in [0.05, 0.1) is 10.7 Å². The molecule has 1 atom stereocenters. The largest absolute Gasteiger partial charge is 0.280 e. The molecule has 0 saturated heterocycles. The molecule has 0 bridgehead atoms. The zero-order valence-electron chi connectivity index (χ0n) is 7.05. The van der Waals surface area contributed by atoms with Crippen molar-refractivity contribution in [3.63, 3.8) is 0 Å². The predicted molar refractivity (Wildman–Crippen MR) is 51.0 cm³/mol. The van der Waals surface area contributed by atoms with Crippen LogP contribution in [0.1, 0.15) is 18.9 Å². The molecule has 0 saturated carbocycles. The number of para-hydroxylation sites is 1. The minimum atomic E-state index is 0.428. The maximum atomic E-state index is 6.01. The van der Waals surface area contributed by atoms with Crippen LogP contribution in [-0.4, -0.2) is 6.04 Å². The smallest absolute Gasteiger partial charge is 0.0795 e. The van der Waals surface area contributed by atoms with Crippen molar-refractivity contribution in [2.75, 3.05) is 0 Å². The standard InChI is InChI=1S/C10H11ClN/c1-7-5-6-8-3-2-4-9(11)10(8)12-7/h2-4,7H,5-6H2,1H3.